The van der Waals surface area contributed by atoms with E-state index < -0.39 is 11.9 Å². The smallest absolute Gasteiger partial charge is 0.274 e. The topological polar surface area (TPSA) is 85.0 Å². The highest BCUT2D eigenvalue weighted by atomic mass is 19.1. The molecular formula is C31H26FN3O3. The number of rotatable bonds is 7. The molecule has 1 atom stereocenters. The summed E-state index contributed by atoms with van der Waals surface area (Å²) in [6.07, 6.45) is 0.418. The van der Waals surface area contributed by atoms with E-state index in [-0.39, 0.29) is 18.3 Å². The van der Waals surface area contributed by atoms with Crippen LogP contribution in [0.2, 0.25) is 0 Å². The zero-order valence-corrected chi connectivity index (χ0v) is 20.8. The molecule has 5 rings (SSSR count). The van der Waals surface area contributed by atoms with E-state index >= 15 is 0 Å². The van der Waals surface area contributed by atoms with Crippen LogP contribution in [-0.2, 0) is 6.61 Å². The van der Waals surface area contributed by atoms with E-state index in [0.29, 0.717) is 34.6 Å². The van der Waals surface area contributed by atoms with Gasteiger partial charge in [-0.15, -0.1) is 0 Å². The van der Waals surface area contributed by atoms with Crippen LogP contribution in [0.15, 0.2) is 102 Å². The number of carbonyl (C=O) groups excluding carboxylic acids is 2. The predicted molar refractivity (Wildman–Crippen MR) is 143 cm³/mol. The van der Waals surface area contributed by atoms with Crippen molar-refractivity contribution in [1.29, 1.82) is 0 Å². The van der Waals surface area contributed by atoms with Gasteiger partial charge in [0.05, 0.1) is 11.8 Å². The third-order valence-electron chi connectivity index (χ3n) is 6.62. The molecule has 6 nitrogen and oxygen atoms in total. The molecule has 4 aromatic carbocycles. The van der Waals surface area contributed by atoms with Gasteiger partial charge in [0.15, 0.2) is 0 Å². The Morgan fingerprint density at radius 3 is 2.32 bits per heavy atom. The molecule has 2 amide bonds. The summed E-state index contributed by atoms with van der Waals surface area (Å²) in [7, 11) is 0. The number of nitrogens with two attached hydrogens (primary N) is 1. The third-order valence-corrected chi connectivity index (χ3v) is 6.62. The van der Waals surface area contributed by atoms with Crippen LogP contribution in [0, 0.1) is 12.7 Å². The van der Waals surface area contributed by atoms with E-state index in [1.54, 1.807) is 36.4 Å². The SMILES string of the molecule is Cc1ccccc1C(=O)N1N=C(c2ccc(F)cc2)CC1c1ccccc1OCc1ccccc1C(N)=O. The van der Waals surface area contributed by atoms with Crippen molar-refractivity contribution >= 4 is 17.5 Å². The van der Waals surface area contributed by atoms with Gasteiger partial charge in [0.25, 0.3) is 5.91 Å². The zero-order chi connectivity index (χ0) is 26.6. The van der Waals surface area contributed by atoms with Gasteiger partial charge < -0.3 is 10.5 Å². The lowest BCUT2D eigenvalue weighted by molar-refractivity contribution is 0.0707. The zero-order valence-electron chi connectivity index (χ0n) is 20.8. The maximum atomic E-state index is 13.8. The third kappa shape index (κ3) is 5.04. The van der Waals surface area contributed by atoms with Gasteiger partial charge >= 0.3 is 0 Å². The van der Waals surface area contributed by atoms with Crippen molar-refractivity contribution in [2.24, 2.45) is 10.8 Å². The number of aryl methyl sites for hydroxylation is 1. The Labute approximate surface area is 220 Å². The average Bonchev–Trinajstić information content (AvgIpc) is 3.38. The van der Waals surface area contributed by atoms with Gasteiger partial charge in [-0.1, -0.05) is 66.7 Å². The Morgan fingerprint density at radius 2 is 1.58 bits per heavy atom. The highest BCUT2D eigenvalue weighted by molar-refractivity contribution is 6.05. The lowest BCUT2D eigenvalue weighted by Gasteiger charge is -2.25. The fraction of sp³-hybridized carbons (Fsp3) is 0.129. The number of primary amides is 1. The number of hydrogen-bond donors (Lipinski definition) is 1. The fourth-order valence-electron chi connectivity index (χ4n) is 4.62. The predicted octanol–water partition coefficient (Wildman–Crippen LogP) is 5.80. The normalized spacial score (nSPS) is 14.7. The van der Waals surface area contributed by atoms with Gasteiger partial charge in [0.1, 0.15) is 18.2 Å². The van der Waals surface area contributed by atoms with Crippen molar-refractivity contribution in [3.8, 4) is 5.75 Å². The average molecular weight is 508 g/mol. The van der Waals surface area contributed by atoms with Gasteiger partial charge in [0, 0.05) is 28.7 Å². The minimum atomic E-state index is -0.527. The largest absolute Gasteiger partial charge is 0.489 e. The van der Waals surface area contributed by atoms with E-state index in [2.05, 4.69) is 0 Å². The van der Waals surface area contributed by atoms with Crippen LogP contribution in [0.1, 0.15) is 55.4 Å². The molecule has 0 aromatic heterocycles. The van der Waals surface area contributed by atoms with Gasteiger partial charge in [-0.25, -0.2) is 9.40 Å². The Kier molecular flexibility index (Phi) is 7.00. The molecule has 7 heteroatoms. The number of ether oxygens (including phenoxy) is 1. The minimum absolute atomic E-state index is 0.125. The summed E-state index contributed by atoms with van der Waals surface area (Å²) in [5, 5.41) is 6.21. The highest BCUT2D eigenvalue weighted by Crippen LogP contribution is 2.39. The molecule has 0 aliphatic carbocycles. The molecule has 1 heterocycles. The maximum absolute atomic E-state index is 13.8. The molecule has 0 radical (unpaired) electrons. The fourth-order valence-corrected chi connectivity index (χ4v) is 4.62. The van der Waals surface area contributed by atoms with Crippen molar-refractivity contribution < 1.29 is 18.7 Å². The van der Waals surface area contributed by atoms with E-state index in [9.17, 15) is 14.0 Å². The second kappa shape index (κ2) is 10.7. The van der Waals surface area contributed by atoms with Crippen LogP contribution in [0.25, 0.3) is 0 Å². The van der Waals surface area contributed by atoms with Crippen LogP contribution < -0.4 is 10.5 Å². The van der Waals surface area contributed by atoms with Crippen LogP contribution >= 0.6 is 0 Å². The second-order valence-corrected chi connectivity index (χ2v) is 9.09. The molecule has 4 aromatic rings. The molecular weight excluding hydrogens is 481 g/mol. The molecule has 0 spiro atoms. The number of carbonyl (C=O) groups is 2. The number of benzene rings is 4. The maximum Gasteiger partial charge on any atom is 0.274 e. The molecule has 0 fully saturated rings. The Bertz CT molecular complexity index is 1530. The first-order chi connectivity index (χ1) is 18.4. The van der Waals surface area contributed by atoms with Gasteiger partial charge in [0.2, 0.25) is 5.91 Å². The Balaban J connectivity index is 1.51. The molecule has 0 bridgehead atoms. The lowest BCUT2D eigenvalue weighted by Crippen LogP contribution is -2.28. The molecule has 0 saturated carbocycles. The number of nitrogens with zero attached hydrogens (tertiary/aromatic N) is 2. The van der Waals surface area contributed by atoms with Crippen molar-refractivity contribution in [1.82, 2.24) is 5.01 Å². The van der Waals surface area contributed by atoms with E-state index in [1.165, 1.54) is 17.1 Å². The van der Waals surface area contributed by atoms with Crippen LogP contribution in [0.3, 0.4) is 0 Å². The monoisotopic (exact) mass is 507 g/mol. The van der Waals surface area contributed by atoms with E-state index in [4.69, 9.17) is 15.6 Å². The number of hydrazone groups is 1. The van der Waals surface area contributed by atoms with Crippen LogP contribution in [0.5, 0.6) is 5.75 Å². The van der Waals surface area contributed by atoms with Crippen molar-refractivity contribution in [3.63, 3.8) is 0 Å². The van der Waals surface area contributed by atoms with Crippen molar-refractivity contribution in [2.45, 2.75) is 26.0 Å². The minimum Gasteiger partial charge on any atom is -0.489 e. The summed E-state index contributed by atoms with van der Waals surface area (Å²) in [4.78, 5) is 25.6. The summed E-state index contributed by atoms with van der Waals surface area (Å²) in [6, 6.07) is 27.5. The molecule has 1 aliphatic heterocycles. The van der Waals surface area contributed by atoms with Crippen molar-refractivity contribution in [3.05, 3.63) is 136 Å². The molecule has 38 heavy (non-hydrogen) atoms. The Morgan fingerprint density at radius 1 is 0.921 bits per heavy atom. The summed E-state index contributed by atoms with van der Waals surface area (Å²) in [5.74, 6) is -0.540. The number of para-hydroxylation sites is 1. The first-order valence-electron chi connectivity index (χ1n) is 12.2. The van der Waals surface area contributed by atoms with Crippen LogP contribution in [0.4, 0.5) is 4.39 Å². The number of amides is 2. The van der Waals surface area contributed by atoms with Crippen LogP contribution in [-0.4, -0.2) is 22.5 Å². The summed E-state index contributed by atoms with van der Waals surface area (Å²) in [5.41, 5.74) is 10.2. The number of hydrogen-bond acceptors (Lipinski definition) is 4. The molecule has 1 unspecified atom stereocenters. The summed E-state index contributed by atoms with van der Waals surface area (Å²) >= 11 is 0. The standard InChI is InChI=1S/C31H26FN3O3/c1-20-8-2-4-10-24(20)31(37)35-28(18-27(34-35)21-14-16-23(32)17-15-21)26-12-6-7-13-29(26)38-19-22-9-3-5-11-25(22)30(33)36/h2-17,28H,18-19H2,1H3,(H2,33,36). The quantitative estimate of drug-likeness (QED) is 0.343. The van der Waals surface area contributed by atoms with Crippen molar-refractivity contribution in [2.75, 3.05) is 0 Å². The lowest BCUT2D eigenvalue weighted by atomic mass is 9.97. The Hall–Kier alpha value is -4.78. The second-order valence-electron chi connectivity index (χ2n) is 9.09. The van der Waals surface area contributed by atoms with Gasteiger partial charge in [-0.3, -0.25) is 9.59 Å². The number of halogens is 1. The first-order valence-corrected chi connectivity index (χ1v) is 12.2. The molecule has 0 saturated heterocycles. The summed E-state index contributed by atoms with van der Waals surface area (Å²) < 4.78 is 19.8. The van der Waals surface area contributed by atoms with Gasteiger partial charge in [-0.05, 0) is 48.4 Å². The van der Waals surface area contributed by atoms with E-state index in [0.717, 1.165) is 16.7 Å². The highest BCUT2D eigenvalue weighted by Gasteiger charge is 2.35. The van der Waals surface area contributed by atoms with Gasteiger partial charge in [-0.2, -0.15) is 5.10 Å². The molecule has 1 aliphatic rings. The van der Waals surface area contributed by atoms with E-state index in [1.807, 2.05) is 55.5 Å². The molecule has 2 N–H and O–H groups in total. The first kappa shape index (κ1) is 24.9. The summed E-state index contributed by atoms with van der Waals surface area (Å²) in [6.45, 7) is 2.01. The molecule has 190 valence electrons.